The van der Waals surface area contributed by atoms with Crippen LogP contribution in [-0.2, 0) is 9.53 Å². The molecule has 0 bridgehead atoms. The van der Waals surface area contributed by atoms with Gasteiger partial charge in [-0.05, 0) is 33.6 Å². The van der Waals surface area contributed by atoms with Crippen molar-refractivity contribution in [1.29, 1.82) is 0 Å². The van der Waals surface area contributed by atoms with Gasteiger partial charge in [0.05, 0.1) is 12.6 Å². The van der Waals surface area contributed by atoms with E-state index in [1.165, 1.54) is 0 Å². The van der Waals surface area contributed by atoms with E-state index in [0.717, 1.165) is 25.7 Å². The van der Waals surface area contributed by atoms with Crippen molar-refractivity contribution in [2.24, 2.45) is 5.73 Å². The molecule has 110 valence electrons. The molecular formula is C13H25N3O3. The first-order chi connectivity index (χ1) is 8.81. The van der Waals surface area contributed by atoms with Crippen LogP contribution in [-0.4, -0.2) is 36.2 Å². The molecule has 6 heteroatoms. The molecule has 0 aromatic rings. The van der Waals surface area contributed by atoms with E-state index in [1.807, 2.05) is 20.8 Å². The van der Waals surface area contributed by atoms with E-state index >= 15 is 0 Å². The van der Waals surface area contributed by atoms with Crippen molar-refractivity contribution in [3.63, 3.8) is 0 Å². The molecule has 1 aliphatic rings. The number of nitrogens with two attached hydrogens (primary N) is 1. The van der Waals surface area contributed by atoms with Crippen molar-refractivity contribution in [2.75, 3.05) is 6.54 Å². The summed E-state index contributed by atoms with van der Waals surface area (Å²) in [6.07, 6.45) is 3.34. The lowest BCUT2D eigenvalue weighted by molar-refractivity contribution is -0.120. The van der Waals surface area contributed by atoms with Crippen LogP contribution in [0.1, 0.15) is 46.5 Å². The van der Waals surface area contributed by atoms with Gasteiger partial charge in [0.25, 0.3) is 0 Å². The number of carbonyl (C=O) groups is 2. The SMILES string of the molecule is CC(C)(C)OC(=O)N[C@H]1CCCC[C@H]1NC(=O)CN. The summed E-state index contributed by atoms with van der Waals surface area (Å²) in [5, 5.41) is 5.69. The first-order valence-corrected chi connectivity index (χ1v) is 6.81. The lowest BCUT2D eigenvalue weighted by Crippen LogP contribution is -2.54. The van der Waals surface area contributed by atoms with Gasteiger partial charge in [0.15, 0.2) is 0 Å². The summed E-state index contributed by atoms with van der Waals surface area (Å²) in [6, 6.07) is -0.142. The molecule has 0 aliphatic heterocycles. The molecule has 1 rings (SSSR count). The summed E-state index contributed by atoms with van der Waals surface area (Å²) in [4.78, 5) is 23.1. The first kappa shape index (κ1) is 15.8. The van der Waals surface area contributed by atoms with Gasteiger partial charge >= 0.3 is 6.09 Å². The highest BCUT2D eigenvalue weighted by atomic mass is 16.6. The molecule has 0 heterocycles. The second kappa shape index (κ2) is 6.75. The van der Waals surface area contributed by atoms with Gasteiger partial charge in [-0.25, -0.2) is 4.79 Å². The summed E-state index contributed by atoms with van der Waals surface area (Å²) in [6.45, 7) is 5.43. The Hall–Kier alpha value is -1.30. The third-order valence-corrected chi connectivity index (χ3v) is 3.00. The quantitative estimate of drug-likeness (QED) is 0.711. The van der Waals surface area contributed by atoms with E-state index in [0.29, 0.717) is 0 Å². The van der Waals surface area contributed by atoms with Crippen molar-refractivity contribution in [2.45, 2.75) is 64.1 Å². The number of alkyl carbamates (subject to hydrolysis) is 1. The molecule has 0 spiro atoms. The highest BCUT2D eigenvalue weighted by Gasteiger charge is 2.29. The average Bonchev–Trinajstić information content (AvgIpc) is 2.29. The first-order valence-electron chi connectivity index (χ1n) is 6.81. The lowest BCUT2D eigenvalue weighted by atomic mass is 9.90. The Kier molecular flexibility index (Phi) is 5.60. The van der Waals surface area contributed by atoms with E-state index in [4.69, 9.17) is 10.5 Å². The molecule has 2 atom stereocenters. The predicted octanol–water partition coefficient (Wildman–Crippen LogP) is 0.897. The van der Waals surface area contributed by atoms with Crippen LogP contribution in [0.4, 0.5) is 4.79 Å². The topological polar surface area (TPSA) is 93.5 Å². The summed E-state index contributed by atoms with van der Waals surface area (Å²) in [5.41, 5.74) is 4.78. The van der Waals surface area contributed by atoms with E-state index < -0.39 is 11.7 Å². The Labute approximate surface area is 114 Å². The summed E-state index contributed by atoms with van der Waals surface area (Å²) >= 11 is 0. The third-order valence-electron chi connectivity index (χ3n) is 3.00. The molecule has 0 aromatic carbocycles. The maximum atomic E-state index is 11.8. The fraction of sp³-hybridized carbons (Fsp3) is 0.846. The monoisotopic (exact) mass is 271 g/mol. The molecule has 0 radical (unpaired) electrons. The van der Waals surface area contributed by atoms with Gasteiger partial charge in [0.1, 0.15) is 5.60 Å². The largest absolute Gasteiger partial charge is 0.444 e. The van der Waals surface area contributed by atoms with E-state index in [-0.39, 0.29) is 24.5 Å². The van der Waals surface area contributed by atoms with E-state index in [2.05, 4.69) is 10.6 Å². The van der Waals surface area contributed by atoms with Gasteiger partial charge in [-0.2, -0.15) is 0 Å². The van der Waals surface area contributed by atoms with Gasteiger partial charge in [0, 0.05) is 6.04 Å². The number of nitrogens with one attached hydrogen (secondary N) is 2. The Morgan fingerprint density at radius 1 is 1.16 bits per heavy atom. The number of ether oxygens (including phenoxy) is 1. The molecule has 1 fully saturated rings. The second-order valence-electron chi connectivity index (χ2n) is 5.92. The zero-order valence-electron chi connectivity index (χ0n) is 12.0. The van der Waals surface area contributed by atoms with Crippen LogP contribution in [0.25, 0.3) is 0 Å². The fourth-order valence-corrected chi connectivity index (χ4v) is 2.20. The van der Waals surface area contributed by atoms with Crippen LogP contribution in [0.15, 0.2) is 0 Å². The van der Waals surface area contributed by atoms with Crippen LogP contribution < -0.4 is 16.4 Å². The van der Waals surface area contributed by atoms with Crippen molar-refractivity contribution < 1.29 is 14.3 Å². The zero-order valence-corrected chi connectivity index (χ0v) is 12.0. The number of amides is 2. The van der Waals surface area contributed by atoms with Gasteiger partial charge in [-0.1, -0.05) is 12.8 Å². The fourth-order valence-electron chi connectivity index (χ4n) is 2.20. The molecule has 4 N–H and O–H groups in total. The van der Waals surface area contributed by atoms with Crippen LogP contribution >= 0.6 is 0 Å². The van der Waals surface area contributed by atoms with E-state index in [9.17, 15) is 9.59 Å². The molecule has 19 heavy (non-hydrogen) atoms. The van der Waals surface area contributed by atoms with Gasteiger partial charge in [0.2, 0.25) is 5.91 Å². The van der Waals surface area contributed by atoms with Gasteiger partial charge in [-0.3, -0.25) is 4.79 Å². The summed E-state index contributed by atoms with van der Waals surface area (Å²) in [5.74, 6) is -0.192. The maximum Gasteiger partial charge on any atom is 0.407 e. The molecule has 2 amide bonds. The number of hydrogen-bond donors (Lipinski definition) is 3. The minimum absolute atomic E-state index is 0.0321. The highest BCUT2D eigenvalue weighted by molar-refractivity contribution is 5.78. The molecular weight excluding hydrogens is 246 g/mol. The normalized spacial score (nSPS) is 23.6. The van der Waals surface area contributed by atoms with Gasteiger partial charge < -0.3 is 21.1 Å². The number of carbonyl (C=O) groups excluding carboxylic acids is 2. The molecule has 1 aliphatic carbocycles. The molecule has 0 aromatic heterocycles. The van der Waals surface area contributed by atoms with Crippen LogP contribution in [0.2, 0.25) is 0 Å². The van der Waals surface area contributed by atoms with Crippen molar-refractivity contribution >= 4 is 12.0 Å². The Bertz CT molecular complexity index is 326. The Balaban J connectivity index is 2.52. The maximum absolute atomic E-state index is 11.8. The number of rotatable bonds is 3. The second-order valence-corrected chi connectivity index (χ2v) is 5.92. The van der Waals surface area contributed by atoms with Crippen molar-refractivity contribution in [1.82, 2.24) is 10.6 Å². The minimum atomic E-state index is -0.519. The van der Waals surface area contributed by atoms with E-state index in [1.54, 1.807) is 0 Å². The van der Waals surface area contributed by atoms with Crippen molar-refractivity contribution in [3.8, 4) is 0 Å². The average molecular weight is 271 g/mol. The highest BCUT2D eigenvalue weighted by Crippen LogP contribution is 2.19. The molecule has 6 nitrogen and oxygen atoms in total. The summed E-state index contributed by atoms with van der Waals surface area (Å²) in [7, 11) is 0. The van der Waals surface area contributed by atoms with Crippen LogP contribution in [0.3, 0.4) is 0 Å². The smallest absolute Gasteiger partial charge is 0.407 e. The van der Waals surface area contributed by atoms with Crippen LogP contribution in [0, 0.1) is 0 Å². The number of hydrogen-bond acceptors (Lipinski definition) is 4. The lowest BCUT2D eigenvalue weighted by Gasteiger charge is -2.33. The zero-order chi connectivity index (χ0) is 14.5. The van der Waals surface area contributed by atoms with Crippen LogP contribution in [0.5, 0.6) is 0 Å². The van der Waals surface area contributed by atoms with Gasteiger partial charge in [-0.15, -0.1) is 0 Å². The standard InChI is InChI=1S/C13H25N3O3/c1-13(2,3)19-12(18)16-10-7-5-4-6-9(10)15-11(17)8-14/h9-10H,4-8,14H2,1-3H3,(H,15,17)(H,16,18)/t9-,10+/m1/s1. The Morgan fingerprint density at radius 3 is 2.16 bits per heavy atom. The molecule has 0 unspecified atom stereocenters. The predicted molar refractivity (Wildman–Crippen MR) is 72.6 cm³/mol. The minimum Gasteiger partial charge on any atom is -0.444 e. The third kappa shape index (κ3) is 5.92. The molecule has 1 saturated carbocycles. The summed E-state index contributed by atoms with van der Waals surface area (Å²) < 4.78 is 5.23. The van der Waals surface area contributed by atoms with Crippen molar-refractivity contribution in [3.05, 3.63) is 0 Å². The Morgan fingerprint density at radius 2 is 1.68 bits per heavy atom. The molecule has 0 saturated heterocycles.